The lowest BCUT2D eigenvalue weighted by Gasteiger charge is -2.31. The number of fused-ring (bicyclic) bond motifs is 1. The highest BCUT2D eigenvalue weighted by molar-refractivity contribution is 5.89. The molecule has 0 unspecified atom stereocenters. The zero-order valence-corrected chi connectivity index (χ0v) is 20.0. The molecule has 0 radical (unpaired) electrons. The summed E-state index contributed by atoms with van der Waals surface area (Å²) in [6.07, 6.45) is 3.23. The number of aromatic nitrogens is 1. The molecule has 0 amide bonds. The summed E-state index contributed by atoms with van der Waals surface area (Å²) in [5.74, 6) is 0. The van der Waals surface area contributed by atoms with Crippen LogP contribution >= 0.6 is 0 Å². The van der Waals surface area contributed by atoms with E-state index >= 15 is 0 Å². The van der Waals surface area contributed by atoms with Crippen molar-refractivity contribution in [3.05, 3.63) is 35.0 Å². The van der Waals surface area contributed by atoms with E-state index in [-0.39, 0.29) is 17.7 Å². The number of benzene rings is 1. The van der Waals surface area contributed by atoms with Crippen LogP contribution in [0.1, 0.15) is 63.8 Å². The lowest BCUT2D eigenvalue weighted by molar-refractivity contribution is -0.0147. The normalized spacial score (nSPS) is 14.3. The van der Waals surface area contributed by atoms with Crippen LogP contribution in [-0.2, 0) is 16.8 Å². The molecule has 4 N–H and O–H groups in total. The first kappa shape index (κ1) is 26.7. The van der Waals surface area contributed by atoms with Crippen molar-refractivity contribution in [2.45, 2.75) is 71.5 Å². The van der Waals surface area contributed by atoms with Gasteiger partial charge in [-0.1, -0.05) is 20.8 Å². The molecule has 1 aliphatic rings. The van der Waals surface area contributed by atoms with Gasteiger partial charge in [-0.25, -0.2) is 0 Å². The van der Waals surface area contributed by atoms with Crippen LogP contribution in [0.4, 0.5) is 5.69 Å². The molecule has 1 fully saturated rings. The largest absolute Gasteiger partial charge is 0.390 e. The Balaban J connectivity index is 0.000000395. The molecule has 0 atom stereocenters. The predicted octanol–water partition coefficient (Wildman–Crippen LogP) is 4.54. The molecule has 0 spiro atoms. The van der Waals surface area contributed by atoms with Crippen LogP contribution in [0.5, 0.6) is 0 Å². The number of hydrogen-bond acceptors (Lipinski definition) is 7. The fraction of sp³-hybridized carbons (Fsp3) is 0.542. The molecule has 172 valence electrons. The first-order chi connectivity index (χ1) is 14.5. The van der Waals surface area contributed by atoms with Crippen LogP contribution < -0.4 is 11.1 Å². The Morgan fingerprint density at radius 3 is 2.19 bits per heavy atom. The maximum absolute atomic E-state index is 8.91. The smallest absolute Gasteiger partial charge is 0.0945 e. The van der Waals surface area contributed by atoms with Crippen molar-refractivity contribution in [3.8, 4) is 0 Å². The molecule has 1 aliphatic carbocycles. The highest BCUT2D eigenvalue weighted by atomic mass is 16.5. The number of aliphatic hydroxyl groups is 1. The van der Waals surface area contributed by atoms with Crippen LogP contribution in [-0.4, -0.2) is 42.9 Å². The standard InChI is InChI=1S/C17H25N3O.C5H10O.C2H4N2/c1-11-6-13(9-21-10-18)20-16-14(11)7-12(19-5)8-15(16)17(2,3)4;1-5(6)3-2-4-5;1-3-4-2/h6-8,19H,9-10,18H2,1-5H3;6H,2-4H2,1H3;1-2H2. The monoisotopic (exact) mass is 429 g/mol. The Morgan fingerprint density at radius 2 is 1.81 bits per heavy atom. The molecule has 7 heteroatoms. The molecule has 0 saturated heterocycles. The number of nitrogens with two attached hydrogens (primary N) is 1. The Morgan fingerprint density at radius 1 is 1.23 bits per heavy atom. The summed E-state index contributed by atoms with van der Waals surface area (Å²) in [5, 5.41) is 19.3. The Bertz CT molecular complexity index is 860. The van der Waals surface area contributed by atoms with Crippen molar-refractivity contribution in [3.63, 3.8) is 0 Å². The predicted molar refractivity (Wildman–Crippen MR) is 132 cm³/mol. The lowest BCUT2D eigenvalue weighted by atomic mass is 9.82. The quantitative estimate of drug-likeness (QED) is 0.368. The van der Waals surface area contributed by atoms with E-state index < -0.39 is 0 Å². The van der Waals surface area contributed by atoms with Gasteiger partial charge in [0, 0.05) is 31.6 Å². The zero-order chi connectivity index (χ0) is 23.7. The average molecular weight is 430 g/mol. The third-order valence-electron chi connectivity index (χ3n) is 5.17. The van der Waals surface area contributed by atoms with E-state index in [0.717, 1.165) is 29.7 Å². The summed E-state index contributed by atoms with van der Waals surface area (Å²) in [7, 11) is 1.94. The van der Waals surface area contributed by atoms with Gasteiger partial charge in [0.15, 0.2) is 0 Å². The van der Waals surface area contributed by atoms with Crippen LogP contribution in [0.2, 0.25) is 0 Å². The van der Waals surface area contributed by atoms with Gasteiger partial charge in [0.25, 0.3) is 0 Å². The SMILES string of the molecule is C=NN=C.CC1(O)CCC1.CNc1cc(C(C)(C)C)c2nc(COCN)cc(C)c2c1. The van der Waals surface area contributed by atoms with Gasteiger partial charge in [-0.05, 0) is 67.9 Å². The van der Waals surface area contributed by atoms with Crippen molar-refractivity contribution >= 4 is 30.0 Å². The first-order valence-electron chi connectivity index (χ1n) is 10.5. The molecule has 0 aliphatic heterocycles. The van der Waals surface area contributed by atoms with E-state index in [4.69, 9.17) is 20.6 Å². The van der Waals surface area contributed by atoms with Gasteiger partial charge in [0.2, 0.25) is 0 Å². The van der Waals surface area contributed by atoms with E-state index in [1.54, 1.807) is 0 Å². The van der Waals surface area contributed by atoms with Crippen LogP contribution in [0, 0.1) is 6.92 Å². The van der Waals surface area contributed by atoms with Crippen LogP contribution in [0.25, 0.3) is 10.9 Å². The van der Waals surface area contributed by atoms with E-state index in [9.17, 15) is 0 Å². The summed E-state index contributed by atoms with van der Waals surface area (Å²) >= 11 is 0. The molecule has 1 aromatic carbocycles. The van der Waals surface area contributed by atoms with Gasteiger partial charge in [0.1, 0.15) is 0 Å². The highest BCUT2D eigenvalue weighted by Crippen LogP contribution is 2.33. The second kappa shape index (κ2) is 11.9. The molecule has 7 nitrogen and oxygen atoms in total. The molecule has 31 heavy (non-hydrogen) atoms. The maximum atomic E-state index is 8.91. The third kappa shape index (κ3) is 8.36. The number of anilines is 1. The van der Waals surface area contributed by atoms with Gasteiger partial charge in [-0.2, -0.15) is 10.2 Å². The maximum Gasteiger partial charge on any atom is 0.0945 e. The minimum absolute atomic E-state index is 0.0257. The van der Waals surface area contributed by atoms with Gasteiger partial charge >= 0.3 is 0 Å². The number of pyridine rings is 1. The minimum Gasteiger partial charge on any atom is -0.390 e. The van der Waals surface area contributed by atoms with Gasteiger partial charge < -0.3 is 20.9 Å². The van der Waals surface area contributed by atoms with Crippen LogP contribution in [0.15, 0.2) is 28.4 Å². The average Bonchev–Trinajstić information content (AvgIpc) is 2.70. The van der Waals surface area contributed by atoms with E-state index in [1.165, 1.54) is 22.9 Å². The van der Waals surface area contributed by atoms with E-state index in [0.29, 0.717) is 6.61 Å². The summed E-state index contributed by atoms with van der Waals surface area (Å²) in [5.41, 5.74) is 10.7. The number of nitrogens with zero attached hydrogens (tertiary/aromatic N) is 3. The van der Waals surface area contributed by atoms with E-state index in [2.05, 4.69) is 74.8 Å². The number of rotatable bonds is 5. The molecule has 0 bridgehead atoms. The minimum atomic E-state index is -0.278. The summed E-state index contributed by atoms with van der Waals surface area (Å²) in [6.45, 7) is 17.3. The number of aryl methyl sites for hydroxylation is 1. The van der Waals surface area contributed by atoms with Crippen molar-refractivity contribution in [2.75, 3.05) is 19.1 Å². The van der Waals surface area contributed by atoms with Crippen molar-refractivity contribution in [2.24, 2.45) is 15.9 Å². The number of hydrogen-bond donors (Lipinski definition) is 3. The molecule has 1 saturated carbocycles. The highest BCUT2D eigenvalue weighted by Gasteiger charge is 2.27. The summed E-state index contributed by atoms with van der Waals surface area (Å²) in [4.78, 5) is 4.81. The van der Waals surface area contributed by atoms with E-state index in [1.807, 2.05) is 14.0 Å². The first-order valence-corrected chi connectivity index (χ1v) is 10.5. The number of nitrogens with one attached hydrogen (secondary N) is 1. The molecular formula is C24H39N5O2. The van der Waals surface area contributed by atoms with Crippen molar-refractivity contribution in [1.82, 2.24) is 4.98 Å². The topological polar surface area (TPSA) is 105 Å². The second-order valence-corrected chi connectivity index (χ2v) is 9.00. The van der Waals surface area contributed by atoms with Gasteiger partial charge in [-0.15, -0.1) is 0 Å². The Kier molecular flexibility index (Phi) is 10.2. The second-order valence-electron chi connectivity index (χ2n) is 9.00. The Labute approximate surface area is 186 Å². The lowest BCUT2D eigenvalue weighted by Crippen LogP contribution is -2.32. The van der Waals surface area contributed by atoms with Crippen molar-refractivity contribution in [1.29, 1.82) is 0 Å². The van der Waals surface area contributed by atoms with Gasteiger partial charge in [-0.3, -0.25) is 4.98 Å². The van der Waals surface area contributed by atoms with Gasteiger partial charge in [0.05, 0.1) is 30.1 Å². The Hall–Kier alpha value is -2.35. The number of ether oxygens (including phenoxy) is 1. The fourth-order valence-electron chi connectivity index (χ4n) is 3.20. The third-order valence-corrected chi connectivity index (χ3v) is 5.17. The molecule has 2 aromatic rings. The zero-order valence-electron chi connectivity index (χ0n) is 20.0. The summed E-state index contributed by atoms with van der Waals surface area (Å²) < 4.78 is 5.30. The molecular weight excluding hydrogens is 390 g/mol. The fourth-order valence-corrected chi connectivity index (χ4v) is 3.20. The molecule has 1 aromatic heterocycles. The molecule has 3 rings (SSSR count). The van der Waals surface area contributed by atoms with Crippen LogP contribution in [0.3, 0.4) is 0 Å². The van der Waals surface area contributed by atoms with Crippen molar-refractivity contribution < 1.29 is 9.84 Å². The molecule has 1 heterocycles. The summed E-state index contributed by atoms with van der Waals surface area (Å²) in [6, 6.07) is 6.41.